The first-order chi connectivity index (χ1) is 4.20. The zero-order valence-corrected chi connectivity index (χ0v) is 6.44. The third kappa shape index (κ3) is 1.83. The van der Waals surface area contributed by atoms with Gasteiger partial charge in [0.15, 0.2) is 0 Å². The molecule has 0 aromatic carbocycles. The van der Waals surface area contributed by atoms with Gasteiger partial charge in [0.2, 0.25) is 0 Å². The molecule has 3 heteroatoms. The van der Waals surface area contributed by atoms with Gasteiger partial charge in [0.25, 0.3) is 0 Å². The van der Waals surface area contributed by atoms with Gasteiger partial charge in [-0.3, -0.25) is 4.90 Å². The molecule has 2 atom stereocenters. The molecule has 0 spiro atoms. The lowest BCUT2D eigenvalue weighted by Gasteiger charge is -2.17. The van der Waals surface area contributed by atoms with Gasteiger partial charge in [0.1, 0.15) is 6.17 Å². The molecule has 0 bridgehead atoms. The number of hydrogen-bond acceptors (Lipinski definition) is 2. The fourth-order valence-electron chi connectivity index (χ4n) is 1.08. The lowest BCUT2D eigenvalue weighted by molar-refractivity contribution is 0.284. The van der Waals surface area contributed by atoms with Crippen LogP contribution in [-0.2, 0) is 0 Å². The highest BCUT2D eigenvalue weighted by molar-refractivity contribution is 7.80. The van der Waals surface area contributed by atoms with E-state index in [9.17, 15) is 4.39 Å². The Morgan fingerprint density at radius 2 is 2.44 bits per heavy atom. The molecule has 1 aliphatic heterocycles. The smallest absolute Gasteiger partial charge is 0.114 e. The standard InChI is InChI=1S/C6H12FNS/c1-5(9)8-3-2-6(7)4-8/h5-6,9H,2-4H2,1H3. The molecule has 1 rings (SSSR count). The lowest BCUT2D eigenvalue weighted by Crippen LogP contribution is -2.26. The molecule has 1 fully saturated rings. The van der Waals surface area contributed by atoms with Crippen LogP contribution in [-0.4, -0.2) is 29.5 Å². The van der Waals surface area contributed by atoms with Gasteiger partial charge in [-0.05, 0) is 13.3 Å². The Morgan fingerprint density at radius 1 is 1.78 bits per heavy atom. The molecule has 0 amide bonds. The number of hydrogen-bond donors (Lipinski definition) is 1. The van der Waals surface area contributed by atoms with E-state index in [2.05, 4.69) is 12.6 Å². The van der Waals surface area contributed by atoms with E-state index in [1.54, 1.807) is 0 Å². The maximum atomic E-state index is 12.5. The molecular weight excluding hydrogens is 137 g/mol. The Bertz CT molecular complexity index is 97.1. The average Bonchev–Trinajstić information content (AvgIpc) is 2.14. The van der Waals surface area contributed by atoms with E-state index >= 15 is 0 Å². The highest BCUT2D eigenvalue weighted by Crippen LogP contribution is 2.16. The van der Waals surface area contributed by atoms with Crippen LogP contribution in [0.1, 0.15) is 13.3 Å². The summed E-state index contributed by atoms with van der Waals surface area (Å²) in [7, 11) is 0. The van der Waals surface area contributed by atoms with Crippen LogP contribution < -0.4 is 0 Å². The van der Waals surface area contributed by atoms with Gasteiger partial charge in [-0.2, -0.15) is 12.6 Å². The number of alkyl halides is 1. The monoisotopic (exact) mass is 149 g/mol. The van der Waals surface area contributed by atoms with Gasteiger partial charge in [-0.15, -0.1) is 0 Å². The van der Waals surface area contributed by atoms with Crippen LogP contribution in [0.3, 0.4) is 0 Å². The van der Waals surface area contributed by atoms with Crippen molar-refractivity contribution in [2.45, 2.75) is 24.9 Å². The summed E-state index contributed by atoms with van der Waals surface area (Å²) in [5.41, 5.74) is 0. The van der Waals surface area contributed by atoms with E-state index in [4.69, 9.17) is 0 Å². The summed E-state index contributed by atoms with van der Waals surface area (Å²) in [4.78, 5) is 2.04. The second-order valence-electron chi connectivity index (χ2n) is 2.51. The summed E-state index contributed by atoms with van der Waals surface area (Å²) < 4.78 is 12.5. The van der Waals surface area contributed by atoms with E-state index < -0.39 is 6.17 Å². The lowest BCUT2D eigenvalue weighted by atomic mass is 10.3. The summed E-state index contributed by atoms with van der Waals surface area (Å²) >= 11 is 4.19. The zero-order chi connectivity index (χ0) is 6.85. The molecule has 0 aromatic rings. The fraction of sp³-hybridized carbons (Fsp3) is 1.00. The topological polar surface area (TPSA) is 3.24 Å². The van der Waals surface area contributed by atoms with Crippen molar-refractivity contribution in [1.29, 1.82) is 0 Å². The predicted molar refractivity (Wildman–Crippen MR) is 39.5 cm³/mol. The van der Waals surface area contributed by atoms with E-state index in [0.29, 0.717) is 13.0 Å². The molecule has 1 nitrogen and oxygen atoms in total. The van der Waals surface area contributed by atoms with Crippen LogP contribution in [0.5, 0.6) is 0 Å². The first-order valence-electron chi connectivity index (χ1n) is 3.26. The zero-order valence-electron chi connectivity index (χ0n) is 5.55. The number of thiol groups is 1. The SMILES string of the molecule is CC(S)N1CCC(F)C1. The Hall–Kier alpha value is 0.240. The van der Waals surface area contributed by atoms with Gasteiger partial charge < -0.3 is 0 Å². The third-order valence-corrected chi connectivity index (χ3v) is 2.02. The third-order valence-electron chi connectivity index (χ3n) is 1.69. The maximum absolute atomic E-state index is 12.5. The first-order valence-corrected chi connectivity index (χ1v) is 3.78. The molecule has 54 valence electrons. The van der Waals surface area contributed by atoms with Crippen LogP contribution in [0.4, 0.5) is 4.39 Å². The molecule has 1 saturated heterocycles. The summed E-state index contributed by atoms with van der Waals surface area (Å²) in [6.07, 6.45) is 0.0739. The van der Waals surface area contributed by atoms with E-state index in [1.807, 2.05) is 11.8 Å². The second kappa shape index (κ2) is 2.88. The summed E-state index contributed by atoms with van der Waals surface area (Å²) in [5, 5.41) is 0.214. The molecule has 0 aliphatic carbocycles. The highest BCUT2D eigenvalue weighted by Gasteiger charge is 2.23. The molecule has 9 heavy (non-hydrogen) atoms. The quantitative estimate of drug-likeness (QED) is 0.550. The second-order valence-corrected chi connectivity index (χ2v) is 3.26. The van der Waals surface area contributed by atoms with E-state index in [1.165, 1.54) is 0 Å². The summed E-state index contributed by atoms with van der Waals surface area (Å²) in [6, 6.07) is 0. The van der Waals surface area contributed by atoms with Gasteiger partial charge in [-0.25, -0.2) is 4.39 Å². The molecule has 0 radical (unpaired) electrons. The molecule has 0 saturated carbocycles. The Morgan fingerprint density at radius 3 is 2.67 bits per heavy atom. The number of halogens is 1. The van der Waals surface area contributed by atoms with Crippen molar-refractivity contribution in [1.82, 2.24) is 4.90 Å². The molecule has 0 aromatic heterocycles. The van der Waals surface area contributed by atoms with Crippen molar-refractivity contribution in [2.75, 3.05) is 13.1 Å². The molecular formula is C6H12FNS. The average molecular weight is 149 g/mol. The van der Waals surface area contributed by atoms with Gasteiger partial charge >= 0.3 is 0 Å². The van der Waals surface area contributed by atoms with Gasteiger partial charge in [0, 0.05) is 18.5 Å². The van der Waals surface area contributed by atoms with Crippen molar-refractivity contribution in [3.63, 3.8) is 0 Å². The Kier molecular flexibility index (Phi) is 2.35. The van der Waals surface area contributed by atoms with Gasteiger partial charge in [0.05, 0.1) is 0 Å². The Balaban J connectivity index is 2.30. The van der Waals surface area contributed by atoms with Crippen LogP contribution in [0, 0.1) is 0 Å². The van der Waals surface area contributed by atoms with Crippen molar-refractivity contribution >= 4 is 12.6 Å². The van der Waals surface area contributed by atoms with Crippen LogP contribution >= 0.6 is 12.6 Å². The highest BCUT2D eigenvalue weighted by atomic mass is 32.1. The summed E-state index contributed by atoms with van der Waals surface area (Å²) in [6.45, 7) is 3.41. The Labute approximate surface area is 60.6 Å². The minimum absolute atomic E-state index is 0.214. The van der Waals surface area contributed by atoms with Crippen LogP contribution in [0.25, 0.3) is 0 Å². The molecule has 0 N–H and O–H groups in total. The predicted octanol–water partition coefficient (Wildman–Crippen LogP) is 1.31. The van der Waals surface area contributed by atoms with Gasteiger partial charge in [-0.1, -0.05) is 0 Å². The van der Waals surface area contributed by atoms with E-state index in [-0.39, 0.29) is 5.37 Å². The van der Waals surface area contributed by atoms with Crippen molar-refractivity contribution < 1.29 is 4.39 Å². The molecule has 2 unspecified atom stereocenters. The van der Waals surface area contributed by atoms with Crippen LogP contribution in [0.2, 0.25) is 0 Å². The van der Waals surface area contributed by atoms with Crippen LogP contribution in [0.15, 0.2) is 0 Å². The number of likely N-dealkylation sites (tertiary alicyclic amines) is 1. The minimum atomic E-state index is -0.611. The largest absolute Gasteiger partial charge is 0.289 e. The fourth-order valence-corrected chi connectivity index (χ4v) is 1.29. The normalized spacial score (nSPS) is 33.0. The number of nitrogens with zero attached hydrogens (tertiary/aromatic N) is 1. The number of rotatable bonds is 1. The van der Waals surface area contributed by atoms with Crippen molar-refractivity contribution in [3.8, 4) is 0 Å². The minimum Gasteiger partial charge on any atom is -0.289 e. The van der Waals surface area contributed by atoms with Crippen molar-refractivity contribution in [2.24, 2.45) is 0 Å². The molecule has 1 heterocycles. The molecule has 1 aliphatic rings. The van der Waals surface area contributed by atoms with E-state index in [0.717, 1.165) is 6.54 Å². The maximum Gasteiger partial charge on any atom is 0.114 e. The van der Waals surface area contributed by atoms with Crippen molar-refractivity contribution in [3.05, 3.63) is 0 Å². The first kappa shape index (κ1) is 7.35. The summed E-state index contributed by atoms with van der Waals surface area (Å²) in [5.74, 6) is 0.